The summed E-state index contributed by atoms with van der Waals surface area (Å²) in [6, 6.07) is 3.47. The molecule has 2 heterocycles. The normalized spacial score (nSPS) is 12.0. The molecule has 0 unspecified atom stereocenters. The van der Waals surface area contributed by atoms with Gasteiger partial charge in [0.25, 0.3) is 11.5 Å². The molecule has 0 aliphatic heterocycles. The van der Waals surface area contributed by atoms with E-state index in [1.165, 1.54) is 141 Å². The Bertz CT molecular complexity index is 2020. The topological polar surface area (TPSA) is 200 Å². The van der Waals surface area contributed by atoms with Gasteiger partial charge in [-0.15, -0.1) is 0 Å². The minimum atomic E-state index is -5.29. The lowest BCUT2D eigenvalue weighted by Gasteiger charge is -2.24. The monoisotopic (exact) mass is 986 g/mol. The number of rotatable bonds is 39. The van der Waals surface area contributed by atoms with Gasteiger partial charge in [0.2, 0.25) is 5.95 Å². The van der Waals surface area contributed by atoms with Crippen LogP contribution < -0.4 is 21.5 Å². The molecule has 0 fully saturated rings. The third-order valence-corrected chi connectivity index (χ3v) is 12.5. The number of benzene rings is 1. The molecule has 1 aromatic carbocycles. The van der Waals surface area contributed by atoms with E-state index >= 15 is 0 Å². The lowest BCUT2D eigenvalue weighted by Crippen LogP contribution is -2.42. The Morgan fingerprint density at radius 3 is 1.60 bits per heavy atom. The fourth-order valence-electron chi connectivity index (χ4n) is 8.31. The summed E-state index contributed by atoms with van der Waals surface area (Å²) in [6.07, 6.45) is 28.9. The number of fused-ring (bicyclic) bond motifs is 1. The number of hydrogen-bond acceptors (Lipinski definition) is 11. The van der Waals surface area contributed by atoms with Crippen molar-refractivity contribution in [1.29, 1.82) is 0 Å². The van der Waals surface area contributed by atoms with Gasteiger partial charge in [0.05, 0.1) is 31.6 Å². The summed E-state index contributed by atoms with van der Waals surface area (Å²) in [7, 11) is 0. The highest BCUT2D eigenvalue weighted by molar-refractivity contribution is 5.99. The summed E-state index contributed by atoms with van der Waals surface area (Å²) in [4.78, 5) is 79.2. The maximum Gasteiger partial charge on any atom is 0.471 e. The standard InChI is InChI=1S/C53H82F3N7O7/c1-3-5-7-9-11-13-15-17-19-21-23-25-27-29-37-69-45(64)36-35-44(50(67)70-38-30-28-26-24-22-20-18-16-14-12-10-8-6-4-2)60-48(65)41-31-33-43(34-32-41)63(51(68)53(54,55)56)40-42-39-58-47-46(59-42)49(66)62-52(57)61-47/h31-34,39,44H,3-30,35-38,40H2,1-2H3,(H,60,65)(H3,57,58,61,62,66)/t44-/m0/s1. The predicted octanol–water partition coefficient (Wildman–Crippen LogP) is 12.3. The molecule has 0 bridgehead atoms. The molecule has 0 radical (unpaired) electrons. The molecule has 2 aromatic heterocycles. The van der Waals surface area contributed by atoms with Crippen molar-refractivity contribution in [3.8, 4) is 0 Å². The smallest absolute Gasteiger partial charge is 0.466 e. The molecule has 3 aromatic rings. The molecule has 17 heteroatoms. The van der Waals surface area contributed by atoms with E-state index < -0.39 is 48.1 Å². The SMILES string of the molecule is CCCCCCCCCCCCCCCCOC(=O)CC[C@H](NC(=O)c1ccc(N(Cc2cnc3nc(N)[nH]c(=O)c3n2)C(=O)C(F)(F)F)cc1)C(=O)OCCCCCCCCCCCCCCCC. The summed E-state index contributed by atoms with van der Waals surface area (Å²) in [5, 5.41) is 2.63. The second kappa shape index (κ2) is 35.1. The van der Waals surface area contributed by atoms with Crippen LogP contribution in [0.2, 0.25) is 0 Å². The molecule has 3 rings (SSSR count). The van der Waals surface area contributed by atoms with Crippen molar-refractivity contribution >= 4 is 46.6 Å². The average molecular weight is 986 g/mol. The number of esters is 2. The number of nitrogens with two attached hydrogens (primary N) is 1. The molecule has 0 aliphatic carbocycles. The highest BCUT2D eigenvalue weighted by Crippen LogP contribution is 2.26. The first-order valence-electron chi connectivity index (χ1n) is 26.5. The van der Waals surface area contributed by atoms with E-state index in [2.05, 4.69) is 39.1 Å². The maximum absolute atomic E-state index is 13.8. The van der Waals surface area contributed by atoms with Gasteiger partial charge in [-0.3, -0.25) is 29.1 Å². The van der Waals surface area contributed by atoms with Crippen LogP contribution in [0.25, 0.3) is 11.2 Å². The number of hydrogen-bond donors (Lipinski definition) is 3. The van der Waals surface area contributed by atoms with Crippen LogP contribution in [0.4, 0.5) is 24.8 Å². The molecular formula is C53H82F3N7O7. The van der Waals surface area contributed by atoms with Gasteiger partial charge in [-0.1, -0.05) is 181 Å². The molecule has 70 heavy (non-hydrogen) atoms. The van der Waals surface area contributed by atoms with Gasteiger partial charge < -0.3 is 20.5 Å². The highest BCUT2D eigenvalue weighted by Gasteiger charge is 2.43. The number of nitrogens with zero attached hydrogens (tertiary/aromatic N) is 4. The van der Waals surface area contributed by atoms with E-state index in [9.17, 15) is 37.1 Å². The number of ether oxygens (including phenoxy) is 2. The van der Waals surface area contributed by atoms with Gasteiger partial charge in [-0.25, -0.2) is 14.8 Å². The Labute approximate surface area is 413 Å². The summed E-state index contributed by atoms with van der Waals surface area (Å²) in [5.74, 6) is -4.42. The van der Waals surface area contributed by atoms with Crippen LogP contribution in [0.15, 0.2) is 35.3 Å². The average Bonchev–Trinajstić information content (AvgIpc) is 3.34. The van der Waals surface area contributed by atoms with Crippen molar-refractivity contribution in [3.63, 3.8) is 0 Å². The van der Waals surface area contributed by atoms with Crippen molar-refractivity contribution in [3.05, 3.63) is 52.1 Å². The van der Waals surface area contributed by atoms with Gasteiger partial charge in [0, 0.05) is 17.7 Å². The fourth-order valence-corrected chi connectivity index (χ4v) is 8.31. The summed E-state index contributed by atoms with van der Waals surface area (Å²) in [6.45, 7) is 4.13. The number of alkyl halides is 3. The lowest BCUT2D eigenvalue weighted by molar-refractivity contribution is -0.170. The minimum Gasteiger partial charge on any atom is -0.466 e. The Morgan fingerprint density at radius 1 is 0.671 bits per heavy atom. The number of anilines is 2. The Morgan fingerprint density at radius 2 is 1.13 bits per heavy atom. The number of amides is 2. The number of aromatic amines is 1. The molecule has 0 aliphatic rings. The third kappa shape index (κ3) is 24.6. The van der Waals surface area contributed by atoms with Crippen molar-refractivity contribution in [2.45, 2.75) is 225 Å². The molecule has 2 amide bonds. The molecule has 0 spiro atoms. The maximum atomic E-state index is 13.8. The summed E-state index contributed by atoms with van der Waals surface area (Å²) < 4.78 is 52.5. The number of unbranched alkanes of at least 4 members (excludes halogenated alkanes) is 26. The molecule has 1 atom stereocenters. The Balaban J connectivity index is 1.52. The summed E-state index contributed by atoms with van der Waals surface area (Å²) >= 11 is 0. The van der Waals surface area contributed by atoms with Gasteiger partial charge in [0.1, 0.15) is 6.04 Å². The zero-order valence-corrected chi connectivity index (χ0v) is 42.2. The predicted molar refractivity (Wildman–Crippen MR) is 269 cm³/mol. The highest BCUT2D eigenvalue weighted by atomic mass is 19.4. The number of carbonyl (C=O) groups is 4. The minimum absolute atomic E-state index is 0.0333. The largest absolute Gasteiger partial charge is 0.471 e. The van der Waals surface area contributed by atoms with Gasteiger partial charge in [0.15, 0.2) is 11.2 Å². The molecule has 14 nitrogen and oxygen atoms in total. The van der Waals surface area contributed by atoms with Crippen LogP contribution >= 0.6 is 0 Å². The lowest BCUT2D eigenvalue weighted by atomic mass is 10.0. The van der Waals surface area contributed by atoms with Crippen LogP contribution in [0.1, 0.15) is 223 Å². The quantitative estimate of drug-likeness (QED) is 0.0363. The first-order valence-corrected chi connectivity index (χ1v) is 26.5. The van der Waals surface area contributed by atoms with E-state index in [4.69, 9.17) is 15.2 Å². The van der Waals surface area contributed by atoms with Gasteiger partial charge in [-0.2, -0.15) is 18.2 Å². The number of aromatic nitrogens is 4. The zero-order chi connectivity index (χ0) is 50.8. The van der Waals surface area contributed by atoms with E-state index in [1.807, 2.05) is 0 Å². The van der Waals surface area contributed by atoms with Crippen LogP contribution in [-0.4, -0.2) is 69.1 Å². The van der Waals surface area contributed by atoms with Crippen LogP contribution in [0.3, 0.4) is 0 Å². The third-order valence-electron chi connectivity index (χ3n) is 12.5. The van der Waals surface area contributed by atoms with Crippen molar-refractivity contribution in [2.24, 2.45) is 0 Å². The zero-order valence-electron chi connectivity index (χ0n) is 42.2. The summed E-state index contributed by atoms with van der Waals surface area (Å²) in [5.41, 5.74) is 3.92. The van der Waals surface area contributed by atoms with E-state index in [0.29, 0.717) is 11.3 Å². The van der Waals surface area contributed by atoms with Crippen LogP contribution in [-0.2, 0) is 30.4 Å². The van der Waals surface area contributed by atoms with Crippen LogP contribution in [0, 0.1) is 0 Å². The van der Waals surface area contributed by atoms with Crippen molar-refractivity contribution < 1.29 is 41.8 Å². The second-order valence-electron chi connectivity index (χ2n) is 18.6. The molecular weight excluding hydrogens is 904 g/mol. The number of nitrogens with one attached hydrogen (secondary N) is 2. The Kier molecular flexibility index (Phi) is 29.7. The van der Waals surface area contributed by atoms with E-state index in [1.54, 1.807) is 0 Å². The first kappa shape index (κ1) is 59.2. The Hall–Kier alpha value is -5.09. The fraction of sp³-hybridized carbons (Fsp3) is 0.698. The number of H-pyrrole nitrogens is 1. The van der Waals surface area contributed by atoms with E-state index in [0.717, 1.165) is 63.3 Å². The number of halogens is 3. The van der Waals surface area contributed by atoms with Crippen molar-refractivity contribution in [1.82, 2.24) is 25.3 Å². The van der Waals surface area contributed by atoms with E-state index in [-0.39, 0.29) is 60.1 Å². The molecule has 4 N–H and O–H groups in total. The molecule has 0 saturated carbocycles. The number of carbonyl (C=O) groups excluding carboxylic acids is 4. The second-order valence-corrected chi connectivity index (χ2v) is 18.6. The first-order chi connectivity index (χ1) is 33.8. The van der Waals surface area contributed by atoms with Gasteiger partial charge >= 0.3 is 24.0 Å². The van der Waals surface area contributed by atoms with Crippen LogP contribution in [0.5, 0.6) is 0 Å². The molecule has 0 saturated heterocycles. The number of nitrogen functional groups attached to an aromatic ring is 1. The van der Waals surface area contributed by atoms with Gasteiger partial charge in [-0.05, 0) is 43.5 Å². The molecule has 392 valence electrons. The van der Waals surface area contributed by atoms with Crippen molar-refractivity contribution in [2.75, 3.05) is 23.8 Å².